The molecule has 3 aromatic rings. The van der Waals surface area contributed by atoms with Gasteiger partial charge in [0.1, 0.15) is 5.69 Å². The van der Waals surface area contributed by atoms with E-state index in [-0.39, 0.29) is 6.10 Å². The molecule has 3 rings (SSSR count). The molecule has 2 heterocycles. The zero-order chi connectivity index (χ0) is 14.7. The van der Waals surface area contributed by atoms with E-state index in [1.54, 1.807) is 11.3 Å². The van der Waals surface area contributed by atoms with Gasteiger partial charge in [-0.05, 0) is 50.3 Å². The van der Waals surface area contributed by atoms with Gasteiger partial charge in [-0.15, -0.1) is 11.3 Å². The third-order valence-electron chi connectivity index (χ3n) is 3.14. The van der Waals surface area contributed by atoms with Gasteiger partial charge in [-0.1, -0.05) is 18.2 Å². The van der Waals surface area contributed by atoms with Crippen molar-refractivity contribution in [2.75, 3.05) is 0 Å². The Hall–Kier alpha value is -1.94. The lowest BCUT2D eigenvalue weighted by atomic mass is 10.2. The number of aryl methyl sites for hydroxylation is 2. The lowest BCUT2D eigenvalue weighted by Gasteiger charge is -2.13. The van der Waals surface area contributed by atoms with Gasteiger partial charge in [-0.2, -0.15) is 0 Å². The Morgan fingerprint density at radius 1 is 1.00 bits per heavy atom. The predicted octanol–water partition coefficient (Wildman–Crippen LogP) is 4.26. The summed E-state index contributed by atoms with van der Waals surface area (Å²) in [5.41, 5.74) is 2.75. The number of nitrogens with zero attached hydrogens (tertiary/aromatic N) is 2. The molecular formula is C17H18N2OS. The second-order valence-corrected chi connectivity index (χ2v) is 6.24. The van der Waals surface area contributed by atoms with Gasteiger partial charge in [0.25, 0.3) is 0 Å². The van der Waals surface area contributed by atoms with Crippen molar-refractivity contribution in [3.63, 3.8) is 0 Å². The van der Waals surface area contributed by atoms with E-state index in [0.717, 1.165) is 29.6 Å². The van der Waals surface area contributed by atoms with Gasteiger partial charge in [-0.3, -0.25) is 0 Å². The quantitative estimate of drug-likeness (QED) is 0.706. The van der Waals surface area contributed by atoms with Crippen LogP contribution >= 0.6 is 11.3 Å². The summed E-state index contributed by atoms with van der Waals surface area (Å²) in [7, 11) is 0. The number of aromatic nitrogens is 2. The van der Waals surface area contributed by atoms with Crippen molar-refractivity contribution in [1.29, 1.82) is 0 Å². The molecule has 4 heteroatoms. The molecule has 0 atom stereocenters. The Morgan fingerprint density at radius 3 is 2.43 bits per heavy atom. The van der Waals surface area contributed by atoms with Crippen LogP contribution in [0.25, 0.3) is 11.0 Å². The normalized spacial score (nSPS) is 11.2. The zero-order valence-corrected chi connectivity index (χ0v) is 13.1. The van der Waals surface area contributed by atoms with Crippen LogP contribution in [-0.2, 0) is 12.8 Å². The fourth-order valence-corrected chi connectivity index (χ4v) is 2.91. The monoisotopic (exact) mass is 298 g/mol. The van der Waals surface area contributed by atoms with Crippen LogP contribution in [0.5, 0.6) is 5.88 Å². The van der Waals surface area contributed by atoms with Crippen molar-refractivity contribution in [2.45, 2.75) is 32.8 Å². The summed E-state index contributed by atoms with van der Waals surface area (Å²) in [5, 5.41) is 2.10. The van der Waals surface area contributed by atoms with Crippen LogP contribution in [-0.4, -0.2) is 16.1 Å². The molecule has 21 heavy (non-hydrogen) atoms. The molecular weight excluding hydrogens is 280 g/mol. The number of fused-ring (bicyclic) bond motifs is 1. The van der Waals surface area contributed by atoms with Crippen molar-refractivity contribution in [3.8, 4) is 5.88 Å². The van der Waals surface area contributed by atoms with Crippen molar-refractivity contribution in [3.05, 3.63) is 52.3 Å². The molecule has 0 saturated heterocycles. The predicted molar refractivity (Wildman–Crippen MR) is 87.0 cm³/mol. The molecule has 0 unspecified atom stereocenters. The first-order valence-corrected chi connectivity index (χ1v) is 8.05. The SMILES string of the molecule is CC(C)Oc1nc2ccccc2nc1CCc1cccs1. The number of benzene rings is 1. The first-order chi connectivity index (χ1) is 10.2. The average molecular weight is 298 g/mol. The maximum Gasteiger partial charge on any atom is 0.236 e. The Kier molecular flexibility index (Phi) is 4.15. The van der Waals surface area contributed by atoms with Crippen LogP contribution in [0.2, 0.25) is 0 Å². The Bertz CT molecular complexity index is 723. The Balaban J connectivity index is 1.93. The van der Waals surface area contributed by atoms with Crippen molar-refractivity contribution in [2.24, 2.45) is 0 Å². The number of para-hydroxylation sites is 2. The van der Waals surface area contributed by atoms with Gasteiger partial charge >= 0.3 is 0 Å². The van der Waals surface area contributed by atoms with Crippen molar-refractivity contribution < 1.29 is 4.74 Å². The lowest BCUT2D eigenvalue weighted by Crippen LogP contribution is -2.11. The van der Waals surface area contributed by atoms with Crippen LogP contribution in [0.15, 0.2) is 41.8 Å². The zero-order valence-electron chi connectivity index (χ0n) is 12.2. The van der Waals surface area contributed by atoms with Crippen molar-refractivity contribution >= 4 is 22.4 Å². The molecule has 0 N–H and O–H groups in total. The minimum absolute atomic E-state index is 0.0981. The maximum atomic E-state index is 5.85. The molecule has 0 aliphatic carbocycles. The number of rotatable bonds is 5. The largest absolute Gasteiger partial charge is 0.474 e. The highest BCUT2D eigenvalue weighted by atomic mass is 32.1. The molecule has 0 spiro atoms. The third-order valence-corrected chi connectivity index (χ3v) is 4.08. The van der Waals surface area contributed by atoms with Gasteiger partial charge in [0, 0.05) is 4.88 Å². The van der Waals surface area contributed by atoms with E-state index in [9.17, 15) is 0 Å². The first kappa shape index (κ1) is 14.0. The van der Waals surface area contributed by atoms with Gasteiger partial charge in [0.2, 0.25) is 5.88 Å². The van der Waals surface area contributed by atoms with Gasteiger partial charge in [0.15, 0.2) is 0 Å². The van der Waals surface area contributed by atoms with Crippen LogP contribution in [0.1, 0.15) is 24.4 Å². The van der Waals surface area contributed by atoms with E-state index >= 15 is 0 Å². The smallest absolute Gasteiger partial charge is 0.236 e. The fourth-order valence-electron chi connectivity index (χ4n) is 2.20. The molecule has 0 fully saturated rings. The minimum Gasteiger partial charge on any atom is -0.474 e. The molecule has 2 aromatic heterocycles. The summed E-state index contributed by atoms with van der Waals surface area (Å²) < 4.78 is 5.85. The molecule has 108 valence electrons. The first-order valence-electron chi connectivity index (χ1n) is 7.17. The number of hydrogen-bond acceptors (Lipinski definition) is 4. The molecule has 1 aromatic carbocycles. The molecule has 0 aliphatic heterocycles. The molecule has 0 saturated carbocycles. The molecule has 0 radical (unpaired) electrons. The molecule has 3 nitrogen and oxygen atoms in total. The summed E-state index contributed by atoms with van der Waals surface area (Å²) >= 11 is 1.78. The topological polar surface area (TPSA) is 35.0 Å². The van der Waals surface area contributed by atoms with Crippen LogP contribution < -0.4 is 4.74 Å². The maximum absolute atomic E-state index is 5.85. The minimum atomic E-state index is 0.0981. The Labute approximate surface area is 128 Å². The fraction of sp³-hybridized carbons (Fsp3) is 0.294. The summed E-state index contributed by atoms with van der Waals surface area (Å²) in [6, 6.07) is 12.2. The molecule has 0 bridgehead atoms. The summed E-state index contributed by atoms with van der Waals surface area (Å²) in [4.78, 5) is 10.7. The van der Waals surface area contributed by atoms with Crippen LogP contribution in [0.4, 0.5) is 0 Å². The van der Waals surface area contributed by atoms with Crippen LogP contribution in [0, 0.1) is 0 Å². The Morgan fingerprint density at radius 2 is 1.76 bits per heavy atom. The average Bonchev–Trinajstić information content (AvgIpc) is 2.97. The number of ether oxygens (including phenoxy) is 1. The molecule has 0 aliphatic rings. The van der Waals surface area contributed by atoms with E-state index in [1.807, 2.05) is 38.1 Å². The molecule has 0 amide bonds. The van der Waals surface area contributed by atoms with E-state index in [0.29, 0.717) is 5.88 Å². The van der Waals surface area contributed by atoms with E-state index in [4.69, 9.17) is 9.72 Å². The third kappa shape index (κ3) is 3.39. The second-order valence-electron chi connectivity index (χ2n) is 5.21. The summed E-state index contributed by atoms with van der Waals surface area (Å²) in [6.45, 7) is 4.03. The summed E-state index contributed by atoms with van der Waals surface area (Å²) in [5.74, 6) is 0.667. The van der Waals surface area contributed by atoms with E-state index < -0.39 is 0 Å². The lowest BCUT2D eigenvalue weighted by molar-refractivity contribution is 0.229. The van der Waals surface area contributed by atoms with Crippen LogP contribution in [0.3, 0.4) is 0 Å². The van der Waals surface area contributed by atoms with E-state index in [1.165, 1.54) is 4.88 Å². The second kappa shape index (κ2) is 6.22. The standard InChI is InChI=1S/C17H18N2OS/c1-12(2)20-17-16(10-9-13-6-5-11-21-13)18-14-7-3-4-8-15(14)19-17/h3-8,11-12H,9-10H2,1-2H3. The number of hydrogen-bond donors (Lipinski definition) is 0. The summed E-state index contributed by atoms with van der Waals surface area (Å²) in [6.07, 6.45) is 1.92. The van der Waals surface area contributed by atoms with Gasteiger partial charge < -0.3 is 4.74 Å². The highest BCUT2D eigenvalue weighted by Crippen LogP contribution is 2.22. The highest BCUT2D eigenvalue weighted by Gasteiger charge is 2.12. The number of thiophene rings is 1. The van der Waals surface area contributed by atoms with Gasteiger partial charge in [0.05, 0.1) is 17.1 Å². The highest BCUT2D eigenvalue weighted by molar-refractivity contribution is 7.09. The van der Waals surface area contributed by atoms with E-state index in [2.05, 4.69) is 22.5 Å². The van der Waals surface area contributed by atoms with Crippen molar-refractivity contribution in [1.82, 2.24) is 9.97 Å². The van der Waals surface area contributed by atoms with Gasteiger partial charge in [-0.25, -0.2) is 9.97 Å².